The van der Waals surface area contributed by atoms with Gasteiger partial charge in [0, 0.05) is 0 Å². The highest BCUT2D eigenvalue weighted by molar-refractivity contribution is 7.91. The molecule has 0 aliphatic heterocycles. The predicted molar refractivity (Wildman–Crippen MR) is 86.1 cm³/mol. The largest absolute Gasteiger partial charge is 0.286 e. The molecule has 0 radical (unpaired) electrons. The Labute approximate surface area is 147 Å². The molecule has 16 heteroatoms. The summed E-state index contributed by atoms with van der Waals surface area (Å²) in [6, 6.07) is 0. The molecule has 0 heterocycles. The molecular formula is C9H20O12S4. The van der Waals surface area contributed by atoms with Gasteiger partial charge >= 0.3 is 0 Å². The summed E-state index contributed by atoms with van der Waals surface area (Å²) < 4.78 is 115. The molecule has 25 heavy (non-hydrogen) atoms. The number of hydrogen-bond acceptors (Lipinski definition) is 10. The summed E-state index contributed by atoms with van der Waals surface area (Å²) in [6.45, 7) is 0.947. The van der Waals surface area contributed by atoms with Crippen molar-refractivity contribution < 1.29 is 51.1 Å². The average molecular weight is 449 g/mol. The van der Waals surface area contributed by atoms with Crippen LogP contribution < -0.4 is 0 Å². The van der Waals surface area contributed by atoms with E-state index in [-0.39, 0.29) is 6.42 Å². The van der Waals surface area contributed by atoms with Crippen molar-refractivity contribution in [3.8, 4) is 0 Å². The molecule has 2 atom stereocenters. The van der Waals surface area contributed by atoms with Crippen LogP contribution in [0.4, 0.5) is 0 Å². The summed E-state index contributed by atoms with van der Waals surface area (Å²) in [5.41, 5.74) is 0. The van der Waals surface area contributed by atoms with E-state index in [1.165, 1.54) is 0 Å². The van der Waals surface area contributed by atoms with E-state index in [4.69, 9.17) is 9.11 Å². The highest BCUT2D eigenvalue weighted by Gasteiger charge is 2.28. The monoisotopic (exact) mass is 448 g/mol. The van der Waals surface area contributed by atoms with Gasteiger partial charge in [-0.25, -0.2) is 0 Å². The molecule has 0 saturated heterocycles. The van der Waals surface area contributed by atoms with Crippen LogP contribution in [-0.2, 0) is 48.8 Å². The lowest BCUT2D eigenvalue weighted by Gasteiger charge is -2.13. The fourth-order valence-electron chi connectivity index (χ4n) is 1.40. The van der Waals surface area contributed by atoms with Gasteiger partial charge in [0.05, 0.1) is 24.7 Å². The highest BCUT2D eigenvalue weighted by Crippen LogP contribution is 2.09. The zero-order chi connectivity index (χ0) is 20.1. The molecule has 0 rings (SSSR count). The zero-order valence-electron chi connectivity index (χ0n) is 13.3. The second-order valence-corrected chi connectivity index (χ2v) is 12.1. The van der Waals surface area contributed by atoms with Crippen LogP contribution in [0.3, 0.4) is 0 Å². The van der Waals surface area contributed by atoms with Gasteiger partial charge in [0.15, 0.2) is 0 Å². The van der Waals surface area contributed by atoms with Crippen molar-refractivity contribution in [1.29, 1.82) is 0 Å². The molecule has 0 aliphatic carbocycles. The van der Waals surface area contributed by atoms with E-state index in [9.17, 15) is 33.7 Å². The maximum atomic E-state index is 11.6. The van der Waals surface area contributed by atoms with Gasteiger partial charge < -0.3 is 0 Å². The van der Waals surface area contributed by atoms with Gasteiger partial charge in [-0.2, -0.15) is 33.7 Å². The SMILES string of the molecule is CC(CS(=O)(=O)O)S(=O)(=O)OCCCOS(=O)(=O)C(C)CS(=O)(=O)O. The summed E-state index contributed by atoms with van der Waals surface area (Å²) in [5, 5.41) is -3.08. The predicted octanol–water partition coefficient (Wildman–Crippen LogP) is -1.38. The minimum Gasteiger partial charge on any atom is -0.286 e. The number of rotatable bonds is 12. The minimum atomic E-state index is -4.52. The molecule has 0 aromatic heterocycles. The second-order valence-electron chi connectivity index (χ2n) is 5.10. The van der Waals surface area contributed by atoms with Crippen LogP contribution in [0.5, 0.6) is 0 Å². The molecule has 152 valence electrons. The summed E-state index contributed by atoms with van der Waals surface area (Å²) in [7, 11) is -17.6. The maximum absolute atomic E-state index is 11.6. The third-order valence-electron chi connectivity index (χ3n) is 2.66. The van der Waals surface area contributed by atoms with Gasteiger partial charge in [0.25, 0.3) is 40.5 Å². The molecule has 0 amide bonds. The highest BCUT2D eigenvalue weighted by atomic mass is 32.2. The first-order chi connectivity index (χ1) is 11.0. The standard InChI is InChI=1S/C9H20O12S4/c1-8(6-22(10,11)12)24(16,17)20-4-3-5-21-25(18,19)9(2)7-23(13,14)15/h8-9H,3-7H2,1-2H3,(H,10,11,12)(H,13,14,15). The molecule has 2 unspecified atom stereocenters. The lowest BCUT2D eigenvalue weighted by atomic mass is 10.5. The van der Waals surface area contributed by atoms with Gasteiger partial charge in [0.1, 0.15) is 10.5 Å². The Morgan fingerprint density at radius 3 is 1.20 bits per heavy atom. The van der Waals surface area contributed by atoms with Crippen LogP contribution in [0.15, 0.2) is 0 Å². The number of hydrogen-bond donors (Lipinski definition) is 2. The van der Waals surface area contributed by atoms with E-state index in [2.05, 4.69) is 8.37 Å². The lowest BCUT2D eigenvalue weighted by molar-refractivity contribution is 0.250. The molecule has 0 spiro atoms. The van der Waals surface area contributed by atoms with Crippen molar-refractivity contribution in [3.63, 3.8) is 0 Å². The van der Waals surface area contributed by atoms with Crippen molar-refractivity contribution in [2.24, 2.45) is 0 Å². The first-order valence-electron chi connectivity index (χ1n) is 6.63. The molecule has 0 aromatic carbocycles. The van der Waals surface area contributed by atoms with Gasteiger partial charge in [-0.3, -0.25) is 17.5 Å². The fourth-order valence-corrected chi connectivity index (χ4v) is 6.12. The Kier molecular flexibility index (Phi) is 8.90. The van der Waals surface area contributed by atoms with Crippen molar-refractivity contribution >= 4 is 40.5 Å². The summed E-state index contributed by atoms with van der Waals surface area (Å²) >= 11 is 0. The van der Waals surface area contributed by atoms with E-state index < -0.39 is 75.7 Å². The third-order valence-corrected chi connectivity index (χ3v) is 8.22. The first kappa shape index (κ1) is 24.6. The van der Waals surface area contributed by atoms with Crippen molar-refractivity contribution in [2.45, 2.75) is 30.8 Å². The summed E-state index contributed by atoms with van der Waals surface area (Å²) in [6.07, 6.45) is -0.227. The first-order valence-corrected chi connectivity index (χ1v) is 12.8. The quantitative estimate of drug-likeness (QED) is 0.202. The van der Waals surface area contributed by atoms with Crippen molar-refractivity contribution in [1.82, 2.24) is 0 Å². The molecule has 0 fully saturated rings. The Morgan fingerprint density at radius 2 is 0.960 bits per heavy atom. The molecule has 12 nitrogen and oxygen atoms in total. The van der Waals surface area contributed by atoms with Crippen LogP contribution in [-0.4, -0.2) is 78.0 Å². The summed E-state index contributed by atoms with van der Waals surface area (Å²) in [5.74, 6) is -2.12. The lowest BCUT2D eigenvalue weighted by Crippen LogP contribution is -2.29. The van der Waals surface area contributed by atoms with E-state index in [0.717, 1.165) is 13.8 Å². The average Bonchev–Trinajstić information content (AvgIpc) is 2.33. The van der Waals surface area contributed by atoms with Crippen molar-refractivity contribution in [2.75, 3.05) is 24.7 Å². The molecule has 2 N–H and O–H groups in total. The Bertz CT molecular complexity index is 764. The fraction of sp³-hybridized carbons (Fsp3) is 1.00. The summed E-state index contributed by atoms with van der Waals surface area (Å²) in [4.78, 5) is 0. The third kappa shape index (κ3) is 11.1. The van der Waals surface area contributed by atoms with Crippen LogP contribution in [0, 0.1) is 0 Å². The molecule has 0 bridgehead atoms. The Morgan fingerprint density at radius 1 is 0.680 bits per heavy atom. The van der Waals surface area contributed by atoms with Gasteiger partial charge in [-0.05, 0) is 20.3 Å². The van der Waals surface area contributed by atoms with Crippen LogP contribution in [0.2, 0.25) is 0 Å². The molecule has 0 aromatic rings. The van der Waals surface area contributed by atoms with Crippen LogP contribution in [0.1, 0.15) is 20.3 Å². The van der Waals surface area contributed by atoms with E-state index >= 15 is 0 Å². The topological polar surface area (TPSA) is 195 Å². The van der Waals surface area contributed by atoms with E-state index in [0.29, 0.717) is 0 Å². The van der Waals surface area contributed by atoms with E-state index in [1.807, 2.05) is 0 Å². The molecule has 0 saturated carbocycles. The van der Waals surface area contributed by atoms with Crippen LogP contribution in [0.25, 0.3) is 0 Å². The van der Waals surface area contributed by atoms with Crippen molar-refractivity contribution in [3.05, 3.63) is 0 Å². The second kappa shape index (κ2) is 9.03. The van der Waals surface area contributed by atoms with E-state index in [1.54, 1.807) is 0 Å². The van der Waals surface area contributed by atoms with Gasteiger partial charge in [-0.15, -0.1) is 0 Å². The Balaban J connectivity index is 4.42. The van der Waals surface area contributed by atoms with Gasteiger partial charge in [-0.1, -0.05) is 0 Å². The van der Waals surface area contributed by atoms with Gasteiger partial charge in [0.2, 0.25) is 0 Å². The molecular weight excluding hydrogens is 428 g/mol. The minimum absolute atomic E-state index is 0.227. The van der Waals surface area contributed by atoms with Crippen LogP contribution >= 0.6 is 0 Å². The normalized spacial score (nSPS) is 16.5. The zero-order valence-corrected chi connectivity index (χ0v) is 16.6. The Hall–Kier alpha value is -0.360. The maximum Gasteiger partial charge on any atom is 0.271 e. The smallest absolute Gasteiger partial charge is 0.271 e. The molecule has 0 aliphatic rings.